The van der Waals surface area contributed by atoms with Crippen molar-refractivity contribution in [3.8, 4) is 0 Å². The first-order valence-corrected chi connectivity index (χ1v) is 7.87. The smallest absolute Gasteiger partial charge is 0.250 e. The minimum absolute atomic E-state index is 0.0692. The fourth-order valence-corrected chi connectivity index (χ4v) is 3.09. The van der Waals surface area contributed by atoms with Crippen molar-refractivity contribution in [2.75, 3.05) is 23.7 Å². The highest BCUT2D eigenvalue weighted by atomic mass is 16.2. The number of hydrogen-bond donors (Lipinski definition) is 3. The molecular formula is C14H22N6O2. The van der Waals surface area contributed by atoms with Crippen molar-refractivity contribution < 1.29 is 9.59 Å². The highest BCUT2D eigenvalue weighted by Gasteiger charge is 2.23. The molecule has 0 aliphatic carbocycles. The number of rotatable bonds is 4. The zero-order valence-corrected chi connectivity index (χ0v) is 12.8. The molecule has 2 aliphatic heterocycles. The largest absolute Gasteiger partial charge is 0.317 e. The minimum Gasteiger partial charge on any atom is -0.317 e. The maximum absolute atomic E-state index is 12.1. The monoisotopic (exact) mass is 306 g/mol. The summed E-state index contributed by atoms with van der Waals surface area (Å²) in [5.41, 5.74) is 0. The number of piperidine rings is 1. The Morgan fingerprint density at radius 2 is 2.23 bits per heavy atom. The number of aryl methyl sites for hydroxylation is 1. The average Bonchev–Trinajstić information content (AvgIpc) is 2.89. The van der Waals surface area contributed by atoms with Crippen LogP contribution in [0.3, 0.4) is 0 Å². The number of carbonyl (C=O) groups is 2. The van der Waals surface area contributed by atoms with Crippen LogP contribution >= 0.6 is 0 Å². The van der Waals surface area contributed by atoms with E-state index in [-0.39, 0.29) is 17.8 Å². The summed E-state index contributed by atoms with van der Waals surface area (Å²) in [5.74, 6) is 1.46. The van der Waals surface area contributed by atoms with Gasteiger partial charge in [-0.2, -0.15) is 4.98 Å². The summed E-state index contributed by atoms with van der Waals surface area (Å²) in [4.78, 5) is 27.6. The maximum Gasteiger partial charge on any atom is 0.250 e. The van der Waals surface area contributed by atoms with Crippen LogP contribution in [0.5, 0.6) is 0 Å². The third-order valence-electron chi connectivity index (χ3n) is 4.42. The fraction of sp³-hybridized carbons (Fsp3) is 0.714. The van der Waals surface area contributed by atoms with Crippen molar-refractivity contribution in [2.24, 2.45) is 11.8 Å². The summed E-state index contributed by atoms with van der Waals surface area (Å²) < 4.78 is 1.60. The lowest BCUT2D eigenvalue weighted by Crippen LogP contribution is -2.32. The van der Waals surface area contributed by atoms with Crippen molar-refractivity contribution in [1.82, 2.24) is 20.1 Å². The molecule has 1 aromatic heterocycles. The Morgan fingerprint density at radius 1 is 1.45 bits per heavy atom. The fourth-order valence-electron chi connectivity index (χ4n) is 3.09. The Bertz CT molecular complexity index is 564. The lowest BCUT2D eigenvalue weighted by Gasteiger charge is -2.27. The van der Waals surface area contributed by atoms with E-state index < -0.39 is 0 Å². The number of fused-ring (bicyclic) bond motifs is 1. The Labute approximate surface area is 129 Å². The molecule has 2 amide bonds. The van der Waals surface area contributed by atoms with E-state index in [0.717, 1.165) is 25.9 Å². The van der Waals surface area contributed by atoms with Crippen molar-refractivity contribution in [3.05, 3.63) is 0 Å². The van der Waals surface area contributed by atoms with E-state index >= 15 is 0 Å². The van der Waals surface area contributed by atoms with Crippen LogP contribution in [0.2, 0.25) is 0 Å². The Kier molecular flexibility index (Phi) is 4.37. The van der Waals surface area contributed by atoms with Gasteiger partial charge in [0.25, 0.3) is 5.95 Å². The van der Waals surface area contributed by atoms with Gasteiger partial charge < -0.3 is 5.32 Å². The first-order valence-electron chi connectivity index (χ1n) is 7.87. The van der Waals surface area contributed by atoms with E-state index in [1.54, 1.807) is 4.68 Å². The van der Waals surface area contributed by atoms with Crippen LogP contribution in [0.1, 0.15) is 32.6 Å². The molecule has 8 nitrogen and oxygen atoms in total. The van der Waals surface area contributed by atoms with Gasteiger partial charge in [0.15, 0.2) is 0 Å². The van der Waals surface area contributed by atoms with E-state index in [0.29, 0.717) is 37.2 Å². The molecule has 0 spiro atoms. The molecule has 22 heavy (non-hydrogen) atoms. The zero-order chi connectivity index (χ0) is 15.5. The minimum atomic E-state index is -0.0719. The number of carbonyl (C=O) groups excluding carboxylic acids is 2. The SMILES string of the molecule is CC(CC(=O)Nc1nc2n(n1)CCC(=O)N2)C1CCNCC1. The molecule has 3 N–H and O–H groups in total. The number of amides is 2. The Morgan fingerprint density at radius 3 is 3.00 bits per heavy atom. The van der Waals surface area contributed by atoms with Gasteiger partial charge in [-0.05, 0) is 37.8 Å². The van der Waals surface area contributed by atoms with Gasteiger partial charge in [0.2, 0.25) is 17.8 Å². The molecule has 3 rings (SSSR count). The molecule has 0 aromatic carbocycles. The summed E-state index contributed by atoms with van der Waals surface area (Å²) in [6, 6.07) is 0. The predicted octanol–water partition coefficient (Wildman–Crippen LogP) is 0.585. The summed E-state index contributed by atoms with van der Waals surface area (Å²) in [6.07, 6.45) is 3.10. The van der Waals surface area contributed by atoms with Gasteiger partial charge in [0.05, 0.1) is 6.54 Å². The van der Waals surface area contributed by atoms with Crippen LogP contribution in [0.25, 0.3) is 0 Å². The number of nitrogens with one attached hydrogen (secondary N) is 3. The second-order valence-corrected chi connectivity index (χ2v) is 6.10. The highest BCUT2D eigenvalue weighted by molar-refractivity contribution is 5.91. The molecule has 0 bridgehead atoms. The van der Waals surface area contributed by atoms with Crippen LogP contribution in [-0.2, 0) is 16.1 Å². The first kappa shape index (κ1) is 15.0. The summed E-state index contributed by atoms with van der Waals surface area (Å²) in [7, 11) is 0. The van der Waals surface area contributed by atoms with E-state index in [1.165, 1.54) is 0 Å². The van der Waals surface area contributed by atoms with Crippen LogP contribution in [0, 0.1) is 11.8 Å². The van der Waals surface area contributed by atoms with Crippen LogP contribution < -0.4 is 16.0 Å². The summed E-state index contributed by atoms with van der Waals surface area (Å²) >= 11 is 0. The lowest BCUT2D eigenvalue weighted by molar-refractivity contribution is -0.118. The van der Waals surface area contributed by atoms with Gasteiger partial charge in [0.1, 0.15) is 0 Å². The van der Waals surface area contributed by atoms with Gasteiger partial charge >= 0.3 is 0 Å². The van der Waals surface area contributed by atoms with Crippen LogP contribution in [-0.4, -0.2) is 39.7 Å². The molecule has 0 radical (unpaired) electrons. The molecule has 8 heteroatoms. The van der Waals surface area contributed by atoms with Crippen molar-refractivity contribution in [2.45, 2.75) is 39.2 Å². The molecule has 120 valence electrons. The molecule has 1 aromatic rings. The molecule has 1 unspecified atom stereocenters. The van der Waals surface area contributed by atoms with Gasteiger partial charge in [0, 0.05) is 12.8 Å². The molecule has 1 fully saturated rings. The molecular weight excluding hydrogens is 284 g/mol. The Hall–Kier alpha value is -1.96. The van der Waals surface area contributed by atoms with Gasteiger partial charge in [-0.25, -0.2) is 4.68 Å². The van der Waals surface area contributed by atoms with E-state index in [4.69, 9.17) is 0 Å². The van der Waals surface area contributed by atoms with Crippen molar-refractivity contribution in [1.29, 1.82) is 0 Å². The summed E-state index contributed by atoms with van der Waals surface area (Å²) in [6.45, 7) is 4.69. The number of aromatic nitrogens is 3. The lowest BCUT2D eigenvalue weighted by atomic mass is 9.84. The molecule has 3 heterocycles. The van der Waals surface area contributed by atoms with Crippen LogP contribution in [0.15, 0.2) is 0 Å². The average molecular weight is 306 g/mol. The van der Waals surface area contributed by atoms with E-state index in [2.05, 4.69) is 33.0 Å². The first-order chi connectivity index (χ1) is 10.6. The maximum atomic E-state index is 12.1. The van der Waals surface area contributed by atoms with Crippen molar-refractivity contribution >= 4 is 23.7 Å². The molecule has 1 saturated heterocycles. The molecule has 0 saturated carbocycles. The Balaban J connectivity index is 1.54. The van der Waals surface area contributed by atoms with Crippen molar-refractivity contribution in [3.63, 3.8) is 0 Å². The number of anilines is 2. The standard InChI is InChI=1S/C14H22N6O2/c1-9(10-2-5-15-6-3-10)8-12(22)16-13-18-14-17-11(21)4-7-20(14)19-13/h9-10,15H,2-8H2,1H3,(H2,16,17,18,19,21,22). The topological polar surface area (TPSA) is 101 Å². The summed E-state index contributed by atoms with van der Waals surface area (Å²) in [5, 5.41) is 12.9. The third kappa shape index (κ3) is 3.44. The quantitative estimate of drug-likeness (QED) is 0.755. The highest BCUT2D eigenvalue weighted by Crippen LogP contribution is 2.24. The van der Waals surface area contributed by atoms with Gasteiger partial charge in [-0.15, -0.1) is 5.10 Å². The normalized spacial score (nSPS) is 20.1. The van der Waals surface area contributed by atoms with Gasteiger partial charge in [-0.3, -0.25) is 20.2 Å². The van der Waals surface area contributed by atoms with Crippen LogP contribution in [0.4, 0.5) is 11.9 Å². The number of hydrogen-bond acceptors (Lipinski definition) is 5. The van der Waals surface area contributed by atoms with E-state index in [9.17, 15) is 9.59 Å². The number of nitrogens with zero attached hydrogens (tertiary/aromatic N) is 3. The predicted molar refractivity (Wildman–Crippen MR) is 81.3 cm³/mol. The van der Waals surface area contributed by atoms with Gasteiger partial charge in [-0.1, -0.05) is 6.92 Å². The second kappa shape index (κ2) is 6.43. The molecule has 2 aliphatic rings. The second-order valence-electron chi connectivity index (χ2n) is 6.10. The third-order valence-corrected chi connectivity index (χ3v) is 4.42. The van der Waals surface area contributed by atoms with E-state index in [1.807, 2.05) is 0 Å². The molecule has 1 atom stereocenters. The zero-order valence-electron chi connectivity index (χ0n) is 12.8.